The molecule has 1 N–H and O–H groups in total. The van der Waals surface area contributed by atoms with E-state index in [2.05, 4.69) is 15.3 Å². The van der Waals surface area contributed by atoms with E-state index in [-0.39, 0.29) is 18.9 Å². The van der Waals surface area contributed by atoms with Gasteiger partial charge in [0.05, 0.1) is 7.11 Å². The normalized spacial score (nSPS) is 12.7. The summed E-state index contributed by atoms with van der Waals surface area (Å²) < 4.78 is 22.0. The predicted octanol–water partition coefficient (Wildman–Crippen LogP) is 2.57. The highest BCUT2D eigenvalue weighted by Crippen LogP contribution is 2.15. The van der Waals surface area contributed by atoms with Crippen molar-refractivity contribution >= 4 is 11.9 Å². The Morgan fingerprint density at radius 3 is 2.46 bits per heavy atom. The first-order valence-corrected chi connectivity index (χ1v) is 8.13. The molecule has 0 spiro atoms. The number of alkyl halides is 1. The van der Waals surface area contributed by atoms with Gasteiger partial charge >= 0.3 is 5.97 Å². The number of azide groups is 1. The number of hydrogen-bond donors (Lipinski definition) is 1. The van der Waals surface area contributed by atoms with Gasteiger partial charge in [0.1, 0.15) is 31.1 Å². The molecule has 26 heavy (non-hydrogen) atoms. The van der Waals surface area contributed by atoms with E-state index in [1.807, 2.05) is 0 Å². The molecule has 1 amide bonds. The first-order chi connectivity index (χ1) is 12.4. The van der Waals surface area contributed by atoms with Gasteiger partial charge in [0.2, 0.25) is 5.91 Å². The van der Waals surface area contributed by atoms with Crippen molar-refractivity contribution in [2.45, 2.75) is 32.4 Å². The Kier molecular flexibility index (Phi) is 8.94. The van der Waals surface area contributed by atoms with Crippen LogP contribution in [0.3, 0.4) is 0 Å². The zero-order chi connectivity index (χ0) is 19.5. The van der Waals surface area contributed by atoms with E-state index >= 15 is 0 Å². The first kappa shape index (κ1) is 21.2. The summed E-state index contributed by atoms with van der Waals surface area (Å²) >= 11 is 0. The molecule has 0 radical (unpaired) electrons. The summed E-state index contributed by atoms with van der Waals surface area (Å²) in [5.41, 5.74) is 9.35. The van der Waals surface area contributed by atoms with Gasteiger partial charge in [-0.3, -0.25) is 4.79 Å². The van der Waals surface area contributed by atoms with E-state index < -0.39 is 30.6 Å². The zero-order valence-electron chi connectivity index (χ0n) is 15.0. The Bertz CT molecular complexity index is 645. The van der Waals surface area contributed by atoms with Crippen LogP contribution in [-0.4, -0.2) is 44.4 Å². The molecule has 8 nitrogen and oxygen atoms in total. The topological polar surface area (TPSA) is 113 Å². The molecule has 0 aliphatic carbocycles. The second-order valence-electron chi connectivity index (χ2n) is 5.86. The maximum Gasteiger partial charge on any atom is 0.328 e. The van der Waals surface area contributed by atoms with Crippen LogP contribution in [0.4, 0.5) is 4.39 Å². The van der Waals surface area contributed by atoms with Crippen molar-refractivity contribution in [2.75, 3.05) is 20.4 Å². The van der Waals surface area contributed by atoms with E-state index in [4.69, 9.17) is 15.0 Å². The highest BCUT2D eigenvalue weighted by Gasteiger charge is 2.27. The van der Waals surface area contributed by atoms with Crippen molar-refractivity contribution in [3.8, 4) is 5.75 Å². The highest BCUT2D eigenvalue weighted by atomic mass is 19.1. The molecule has 0 fully saturated rings. The summed E-state index contributed by atoms with van der Waals surface area (Å²) in [5.74, 6) is -0.875. The zero-order valence-corrected chi connectivity index (χ0v) is 15.0. The van der Waals surface area contributed by atoms with Crippen LogP contribution >= 0.6 is 0 Å². The molecule has 0 heterocycles. The number of halogens is 1. The minimum absolute atomic E-state index is 0.0316. The summed E-state index contributed by atoms with van der Waals surface area (Å²) in [4.78, 5) is 27.0. The molecule has 2 unspecified atom stereocenters. The third-order valence-electron chi connectivity index (χ3n) is 3.59. The lowest BCUT2D eigenvalue weighted by Crippen LogP contribution is -2.47. The Hall–Kier alpha value is -2.80. The number of carbonyl (C=O) groups excluding carboxylic acids is 2. The molecule has 142 valence electrons. The number of benzene rings is 1. The minimum Gasteiger partial charge on any atom is -0.491 e. The van der Waals surface area contributed by atoms with Gasteiger partial charge in [0.15, 0.2) is 0 Å². The molecular formula is C17H23FN4O4. The lowest BCUT2D eigenvalue weighted by atomic mass is 10.0. The molecule has 1 aromatic rings. The van der Waals surface area contributed by atoms with Gasteiger partial charge in [0, 0.05) is 11.3 Å². The second kappa shape index (κ2) is 10.9. The summed E-state index contributed by atoms with van der Waals surface area (Å²) in [5, 5.41) is 6.05. The Labute approximate surface area is 151 Å². The van der Waals surface area contributed by atoms with Gasteiger partial charge < -0.3 is 14.8 Å². The molecule has 0 saturated carbocycles. The molecule has 1 rings (SSSR count). The summed E-state index contributed by atoms with van der Waals surface area (Å²) in [6.07, 6.45) is 0.183. The molecule has 0 aliphatic heterocycles. The molecule has 0 saturated heterocycles. The standard InChI is InChI=1S/C17H23FN4O4/c1-11(2)15(21-22-19)16(23)20-14(17(24)25-3)10-12-4-6-13(7-5-12)26-9-8-18/h4-7,11,14-15H,8-10H2,1-3H3,(H,20,23). The molecule has 0 aliphatic rings. The minimum atomic E-state index is -0.930. The number of nitrogens with zero attached hydrogens (tertiary/aromatic N) is 3. The number of esters is 1. The number of methoxy groups -OCH3 is 1. The fourth-order valence-electron chi connectivity index (χ4n) is 2.25. The third-order valence-corrected chi connectivity index (χ3v) is 3.59. The molecule has 0 bridgehead atoms. The monoisotopic (exact) mass is 366 g/mol. The van der Waals surface area contributed by atoms with Crippen molar-refractivity contribution in [1.82, 2.24) is 5.32 Å². The smallest absolute Gasteiger partial charge is 0.328 e. The van der Waals surface area contributed by atoms with Crippen LogP contribution in [0.15, 0.2) is 29.4 Å². The van der Waals surface area contributed by atoms with Crippen LogP contribution in [0, 0.1) is 5.92 Å². The van der Waals surface area contributed by atoms with Crippen molar-refractivity contribution in [1.29, 1.82) is 0 Å². The number of nitrogens with one attached hydrogen (secondary N) is 1. The third kappa shape index (κ3) is 6.60. The van der Waals surface area contributed by atoms with Gasteiger partial charge in [-0.1, -0.05) is 31.1 Å². The van der Waals surface area contributed by atoms with E-state index in [1.54, 1.807) is 38.1 Å². The molecule has 9 heteroatoms. The van der Waals surface area contributed by atoms with Crippen LogP contribution in [0.2, 0.25) is 0 Å². The van der Waals surface area contributed by atoms with Crippen LogP contribution in [-0.2, 0) is 20.7 Å². The number of hydrogen-bond acceptors (Lipinski definition) is 5. The molecule has 2 atom stereocenters. The van der Waals surface area contributed by atoms with Crippen molar-refractivity contribution < 1.29 is 23.5 Å². The van der Waals surface area contributed by atoms with Gasteiger partial charge in [-0.05, 0) is 29.1 Å². The SMILES string of the molecule is COC(=O)C(Cc1ccc(OCCF)cc1)NC(=O)C(N=[N+]=[N-])C(C)C. The second-order valence-corrected chi connectivity index (χ2v) is 5.86. The average molecular weight is 366 g/mol. The average Bonchev–Trinajstić information content (AvgIpc) is 2.63. The number of amides is 1. The molecular weight excluding hydrogens is 343 g/mol. The molecule has 1 aromatic carbocycles. The van der Waals surface area contributed by atoms with Crippen LogP contribution in [0.5, 0.6) is 5.75 Å². The predicted molar refractivity (Wildman–Crippen MR) is 93.3 cm³/mol. The van der Waals surface area contributed by atoms with Gasteiger partial charge in [0.25, 0.3) is 0 Å². The Balaban J connectivity index is 2.85. The van der Waals surface area contributed by atoms with Crippen LogP contribution < -0.4 is 10.1 Å². The lowest BCUT2D eigenvalue weighted by molar-refractivity contribution is -0.145. The van der Waals surface area contributed by atoms with Crippen LogP contribution in [0.25, 0.3) is 10.4 Å². The van der Waals surface area contributed by atoms with Gasteiger partial charge in [-0.15, -0.1) is 0 Å². The van der Waals surface area contributed by atoms with E-state index in [0.29, 0.717) is 5.75 Å². The van der Waals surface area contributed by atoms with Crippen molar-refractivity contribution in [3.05, 3.63) is 40.3 Å². The van der Waals surface area contributed by atoms with Crippen molar-refractivity contribution in [2.24, 2.45) is 11.0 Å². The lowest BCUT2D eigenvalue weighted by Gasteiger charge is -2.21. The van der Waals surface area contributed by atoms with Gasteiger partial charge in [-0.25, -0.2) is 9.18 Å². The van der Waals surface area contributed by atoms with Crippen molar-refractivity contribution in [3.63, 3.8) is 0 Å². The number of carbonyl (C=O) groups is 2. The quantitative estimate of drug-likeness (QED) is 0.297. The fraction of sp³-hybridized carbons (Fsp3) is 0.529. The Morgan fingerprint density at radius 2 is 1.96 bits per heavy atom. The molecule has 0 aromatic heterocycles. The number of rotatable bonds is 10. The van der Waals surface area contributed by atoms with Crippen LogP contribution in [0.1, 0.15) is 19.4 Å². The van der Waals surface area contributed by atoms with E-state index in [1.165, 1.54) is 7.11 Å². The summed E-state index contributed by atoms with van der Waals surface area (Å²) in [6, 6.07) is 4.87. The maximum absolute atomic E-state index is 12.3. The Morgan fingerprint density at radius 1 is 1.31 bits per heavy atom. The largest absolute Gasteiger partial charge is 0.491 e. The van der Waals surface area contributed by atoms with Gasteiger partial charge in [-0.2, -0.15) is 0 Å². The first-order valence-electron chi connectivity index (χ1n) is 8.13. The maximum atomic E-state index is 12.3. The highest BCUT2D eigenvalue weighted by molar-refractivity contribution is 5.88. The van der Waals surface area contributed by atoms with E-state index in [9.17, 15) is 14.0 Å². The van der Waals surface area contributed by atoms with E-state index in [0.717, 1.165) is 5.56 Å². The summed E-state index contributed by atoms with van der Waals surface area (Å²) in [6.45, 7) is 2.86. The summed E-state index contributed by atoms with van der Waals surface area (Å²) in [7, 11) is 1.22. The number of ether oxygens (including phenoxy) is 2. The fourth-order valence-corrected chi connectivity index (χ4v) is 2.25.